The Labute approximate surface area is 245 Å². The molecule has 0 bridgehead atoms. The van der Waals surface area contributed by atoms with Crippen molar-refractivity contribution in [1.29, 1.82) is 0 Å². The highest BCUT2D eigenvalue weighted by atomic mass is 19.1. The second kappa shape index (κ2) is 12.3. The minimum atomic E-state index is -1.38. The van der Waals surface area contributed by atoms with Crippen LogP contribution in [0.5, 0.6) is 5.75 Å². The van der Waals surface area contributed by atoms with E-state index in [-0.39, 0.29) is 30.4 Å². The summed E-state index contributed by atoms with van der Waals surface area (Å²) in [4.78, 5) is 29.5. The third-order valence-electron chi connectivity index (χ3n) is 7.25. The average Bonchev–Trinajstić information content (AvgIpc) is 3.82. The Hall–Kier alpha value is -5.24. The van der Waals surface area contributed by atoms with Crippen LogP contribution in [-0.4, -0.2) is 73.4 Å². The van der Waals surface area contributed by atoms with E-state index in [0.717, 1.165) is 12.8 Å². The summed E-state index contributed by atoms with van der Waals surface area (Å²) in [5, 5.41) is 22.4. The maximum atomic E-state index is 15.4. The molecule has 0 aliphatic carbocycles. The number of tetrazole rings is 1. The van der Waals surface area contributed by atoms with Gasteiger partial charge in [-0.25, -0.2) is 9.07 Å². The van der Waals surface area contributed by atoms with Crippen LogP contribution < -0.4 is 15.0 Å². The van der Waals surface area contributed by atoms with Crippen molar-refractivity contribution < 1.29 is 23.5 Å². The summed E-state index contributed by atoms with van der Waals surface area (Å²) in [5.74, 6) is -1.42. The molecule has 2 aromatic heterocycles. The van der Waals surface area contributed by atoms with Gasteiger partial charge in [-0.3, -0.25) is 14.5 Å². The molecular formula is C29H28FN9O4. The van der Waals surface area contributed by atoms with Crippen LogP contribution in [0, 0.1) is 5.82 Å². The highest BCUT2D eigenvalue weighted by Crippen LogP contribution is 2.34. The third-order valence-corrected chi connectivity index (χ3v) is 7.25. The first kappa shape index (κ1) is 27.9. The number of halogens is 1. The number of nitrogens with one attached hydrogen (secondary N) is 1. The SMILES string of the molecule is COc1cc(N(C(=O)Cn2nnc3ccccc32)[C@H](C(=O)NC[C@@H]2CCCO2)c2ccccc2F)ccc1-n1cnnn1. The fraction of sp³-hybridized carbons (Fsp3) is 0.276. The molecule has 1 N–H and O–H groups in total. The molecule has 1 aliphatic heterocycles. The van der Waals surface area contributed by atoms with E-state index in [1.54, 1.807) is 36.4 Å². The summed E-state index contributed by atoms with van der Waals surface area (Å²) in [5.41, 5.74) is 2.04. The number of fused-ring (bicyclic) bond motifs is 1. The second-order valence-electron chi connectivity index (χ2n) is 9.91. The third kappa shape index (κ3) is 5.77. The predicted octanol–water partition coefficient (Wildman–Crippen LogP) is 2.62. The van der Waals surface area contributed by atoms with Gasteiger partial charge in [0.25, 0.3) is 0 Å². The van der Waals surface area contributed by atoms with Crippen LogP contribution in [0.2, 0.25) is 0 Å². The first-order valence-corrected chi connectivity index (χ1v) is 13.7. The Morgan fingerprint density at radius 1 is 1.14 bits per heavy atom. The van der Waals surface area contributed by atoms with E-state index in [1.165, 1.54) is 45.9 Å². The largest absolute Gasteiger partial charge is 0.494 e. The molecule has 3 heterocycles. The molecule has 1 fully saturated rings. The number of amides is 2. The van der Waals surface area contributed by atoms with Gasteiger partial charge in [0.1, 0.15) is 41.7 Å². The average molecular weight is 586 g/mol. The summed E-state index contributed by atoms with van der Waals surface area (Å²) < 4.78 is 29.6. The standard InChI is InChI=1S/C29H28FN9O4/c1-42-26-15-19(12-13-25(26)38-18-32-34-36-38)39(27(40)17-37-24-11-5-4-10-23(24)33-35-37)28(21-8-2-3-9-22(21)30)29(41)31-16-20-7-6-14-43-20/h2-5,8-13,15,18,20,28H,6-7,14,16-17H2,1H3,(H,31,41)/t20-,28-/m0/s1. The Bertz CT molecular complexity index is 1740. The van der Waals surface area contributed by atoms with Gasteiger partial charge in [-0.1, -0.05) is 35.5 Å². The molecular weight excluding hydrogens is 557 g/mol. The first-order chi connectivity index (χ1) is 21.0. The monoisotopic (exact) mass is 585 g/mol. The minimum absolute atomic E-state index is 0.0210. The Balaban J connectivity index is 1.45. The van der Waals surface area contributed by atoms with Crippen LogP contribution >= 0.6 is 0 Å². The van der Waals surface area contributed by atoms with Gasteiger partial charge in [0, 0.05) is 30.5 Å². The molecule has 2 amide bonds. The molecule has 0 radical (unpaired) electrons. The lowest BCUT2D eigenvalue weighted by Gasteiger charge is -2.32. The molecule has 5 aromatic rings. The van der Waals surface area contributed by atoms with Crippen molar-refractivity contribution >= 4 is 28.5 Å². The van der Waals surface area contributed by atoms with Gasteiger partial charge in [0.15, 0.2) is 0 Å². The van der Waals surface area contributed by atoms with E-state index in [9.17, 15) is 9.59 Å². The summed E-state index contributed by atoms with van der Waals surface area (Å²) in [6, 6.07) is 16.6. The molecule has 43 heavy (non-hydrogen) atoms. The zero-order valence-corrected chi connectivity index (χ0v) is 23.2. The van der Waals surface area contributed by atoms with Gasteiger partial charge < -0.3 is 14.8 Å². The van der Waals surface area contributed by atoms with Gasteiger partial charge in [0.2, 0.25) is 11.8 Å². The van der Waals surface area contributed by atoms with Crippen molar-refractivity contribution in [3.63, 3.8) is 0 Å². The number of para-hydroxylation sites is 1. The van der Waals surface area contributed by atoms with Crippen molar-refractivity contribution in [2.24, 2.45) is 0 Å². The smallest absolute Gasteiger partial charge is 0.249 e. The number of aromatic nitrogens is 7. The maximum Gasteiger partial charge on any atom is 0.249 e. The van der Waals surface area contributed by atoms with Crippen molar-refractivity contribution in [2.75, 3.05) is 25.2 Å². The van der Waals surface area contributed by atoms with E-state index >= 15 is 4.39 Å². The molecule has 1 saturated heterocycles. The zero-order valence-electron chi connectivity index (χ0n) is 23.2. The highest BCUT2D eigenvalue weighted by Gasteiger charge is 2.36. The molecule has 6 rings (SSSR count). The van der Waals surface area contributed by atoms with Crippen molar-refractivity contribution in [1.82, 2.24) is 40.5 Å². The Morgan fingerprint density at radius 3 is 2.74 bits per heavy atom. The second-order valence-corrected chi connectivity index (χ2v) is 9.91. The van der Waals surface area contributed by atoms with E-state index < -0.39 is 23.7 Å². The fourth-order valence-corrected chi connectivity index (χ4v) is 5.16. The molecule has 0 spiro atoms. The molecule has 1 aliphatic rings. The Morgan fingerprint density at radius 2 is 1.98 bits per heavy atom. The number of carbonyl (C=O) groups excluding carboxylic acids is 2. The van der Waals surface area contributed by atoms with Crippen LogP contribution in [0.25, 0.3) is 16.7 Å². The molecule has 0 unspecified atom stereocenters. The number of ether oxygens (including phenoxy) is 2. The first-order valence-electron chi connectivity index (χ1n) is 13.7. The summed E-state index contributed by atoms with van der Waals surface area (Å²) in [7, 11) is 1.46. The van der Waals surface area contributed by atoms with E-state index in [2.05, 4.69) is 31.2 Å². The summed E-state index contributed by atoms with van der Waals surface area (Å²) in [6.07, 6.45) is 2.92. The van der Waals surface area contributed by atoms with Crippen LogP contribution in [-0.2, 0) is 20.9 Å². The topological polar surface area (TPSA) is 142 Å². The molecule has 3 aromatic carbocycles. The Kier molecular flexibility index (Phi) is 8.00. The van der Waals surface area contributed by atoms with Crippen molar-refractivity contribution in [3.05, 3.63) is 84.4 Å². The lowest BCUT2D eigenvalue weighted by molar-refractivity contribution is -0.127. The zero-order chi connectivity index (χ0) is 29.8. The van der Waals surface area contributed by atoms with Gasteiger partial charge in [-0.2, -0.15) is 4.68 Å². The van der Waals surface area contributed by atoms with Gasteiger partial charge in [-0.05, 0) is 53.6 Å². The number of anilines is 1. The molecule has 14 heteroatoms. The van der Waals surface area contributed by atoms with Crippen LogP contribution in [0.15, 0.2) is 73.1 Å². The molecule has 220 valence electrons. The lowest BCUT2D eigenvalue weighted by Crippen LogP contribution is -2.47. The maximum absolute atomic E-state index is 15.4. The number of hydrogen-bond acceptors (Lipinski definition) is 9. The summed E-state index contributed by atoms with van der Waals surface area (Å²) in [6.45, 7) is 0.559. The number of benzene rings is 3. The highest BCUT2D eigenvalue weighted by molar-refractivity contribution is 6.02. The quantitative estimate of drug-likeness (QED) is 0.262. The number of methoxy groups -OCH3 is 1. The number of nitrogens with zero attached hydrogens (tertiary/aromatic N) is 8. The number of hydrogen-bond donors (Lipinski definition) is 1. The van der Waals surface area contributed by atoms with Gasteiger partial charge >= 0.3 is 0 Å². The van der Waals surface area contributed by atoms with E-state index in [4.69, 9.17) is 9.47 Å². The van der Waals surface area contributed by atoms with Crippen LogP contribution in [0.4, 0.5) is 10.1 Å². The van der Waals surface area contributed by atoms with Crippen molar-refractivity contribution in [2.45, 2.75) is 31.5 Å². The molecule has 13 nitrogen and oxygen atoms in total. The fourth-order valence-electron chi connectivity index (χ4n) is 5.16. The number of carbonyl (C=O) groups is 2. The predicted molar refractivity (Wildman–Crippen MR) is 152 cm³/mol. The van der Waals surface area contributed by atoms with Crippen LogP contribution in [0.1, 0.15) is 24.4 Å². The van der Waals surface area contributed by atoms with E-state index in [0.29, 0.717) is 29.1 Å². The molecule has 2 atom stereocenters. The summed E-state index contributed by atoms with van der Waals surface area (Å²) >= 11 is 0. The van der Waals surface area contributed by atoms with Crippen molar-refractivity contribution in [3.8, 4) is 11.4 Å². The lowest BCUT2D eigenvalue weighted by atomic mass is 10.0. The van der Waals surface area contributed by atoms with Gasteiger partial charge in [-0.15, -0.1) is 10.2 Å². The molecule has 0 saturated carbocycles. The van der Waals surface area contributed by atoms with E-state index in [1.807, 2.05) is 12.1 Å². The van der Waals surface area contributed by atoms with Gasteiger partial charge in [0.05, 0.1) is 18.7 Å². The number of rotatable bonds is 10. The minimum Gasteiger partial charge on any atom is -0.494 e. The van der Waals surface area contributed by atoms with Crippen LogP contribution in [0.3, 0.4) is 0 Å². The normalized spacial score (nSPS) is 15.3.